The van der Waals surface area contributed by atoms with Gasteiger partial charge in [-0.15, -0.1) is 0 Å². The maximum atomic E-state index is 13.7. The van der Waals surface area contributed by atoms with E-state index in [1.165, 1.54) is 19.5 Å². The first-order valence-corrected chi connectivity index (χ1v) is 5.44. The fourth-order valence-electron chi connectivity index (χ4n) is 1.56. The molecule has 0 bridgehead atoms. The molecule has 0 fully saturated rings. The number of ketones is 1. The van der Waals surface area contributed by atoms with Crippen LogP contribution in [0.1, 0.15) is 16.2 Å². The van der Waals surface area contributed by atoms with Crippen LogP contribution in [0.25, 0.3) is 0 Å². The topological polar surface area (TPSA) is 52.1 Å². The highest BCUT2D eigenvalue weighted by Crippen LogP contribution is 2.22. The van der Waals surface area contributed by atoms with E-state index in [0.717, 1.165) is 12.1 Å². The van der Waals surface area contributed by atoms with Crippen LogP contribution in [0.15, 0.2) is 30.6 Å². The lowest BCUT2D eigenvalue weighted by Crippen LogP contribution is -2.09. The quantitative estimate of drug-likeness (QED) is 0.794. The van der Waals surface area contributed by atoms with Crippen LogP contribution in [0, 0.1) is 11.6 Å². The van der Waals surface area contributed by atoms with E-state index in [2.05, 4.69) is 14.7 Å². The summed E-state index contributed by atoms with van der Waals surface area (Å²) in [5.41, 5.74) is -0.342. The van der Waals surface area contributed by atoms with Gasteiger partial charge in [-0.3, -0.25) is 4.79 Å². The van der Waals surface area contributed by atoms with E-state index in [4.69, 9.17) is 0 Å². The first kappa shape index (κ1) is 13.1. The summed E-state index contributed by atoms with van der Waals surface area (Å²) in [6, 6.07) is 3.26. The molecule has 0 unspecified atom stereocenters. The van der Waals surface area contributed by atoms with Crippen molar-refractivity contribution in [1.29, 1.82) is 0 Å². The summed E-state index contributed by atoms with van der Waals surface area (Å²) in [5.74, 6) is -2.21. The molecule has 0 aliphatic carbocycles. The predicted octanol–water partition coefficient (Wildman–Crippen LogP) is 2.19. The summed E-state index contributed by atoms with van der Waals surface area (Å²) in [5, 5.41) is 0. The lowest BCUT2D eigenvalue weighted by molar-refractivity contribution is 0.0986. The maximum Gasteiger partial charge on any atom is 0.173 e. The van der Waals surface area contributed by atoms with E-state index >= 15 is 0 Å². The van der Waals surface area contributed by atoms with Gasteiger partial charge in [0.05, 0.1) is 19.1 Å². The van der Waals surface area contributed by atoms with Crippen molar-refractivity contribution in [3.05, 3.63) is 53.6 Å². The van der Waals surface area contributed by atoms with E-state index in [1.54, 1.807) is 6.07 Å². The number of hydrogen-bond acceptors (Lipinski definition) is 4. The molecule has 6 heteroatoms. The molecule has 0 aliphatic heterocycles. The van der Waals surface area contributed by atoms with Crippen molar-refractivity contribution in [2.24, 2.45) is 0 Å². The Hall–Kier alpha value is -2.37. The standard InChI is InChI=1S/C13H10F2N2O2/c1-19-12-6-9(14)8(5-10(12)15)11(18)7-13-16-3-2-4-17-13/h2-6H,7H2,1H3. The molecule has 0 amide bonds. The van der Waals surface area contributed by atoms with Gasteiger partial charge in [-0.2, -0.15) is 0 Å². The van der Waals surface area contributed by atoms with E-state index in [9.17, 15) is 13.6 Å². The van der Waals surface area contributed by atoms with Gasteiger partial charge >= 0.3 is 0 Å². The fraction of sp³-hybridized carbons (Fsp3) is 0.154. The molecule has 4 nitrogen and oxygen atoms in total. The van der Waals surface area contributed by atoms with Gasteiger partial charge in [-0.25, -0.2) is 18.7 Å². The van der Waals surface area contributed by atoms with Gasteiger partial charge in [0.2, 0.25) is 0 Å². The van der Waals surface area contributed by atoms with Crippen LogP contribution in [-0.2, 0) is 6.42 Å². The summed E-state index contributed by atoms with van der Waals surface area (Å²) in [6.07, 6.45) is 2.75. The summed E-state index contributed by atoms with van der Waals surface area (Å²) in [6.45, 7) is 0. The summed E-state index contributed by atoms with van der Waals surface area (Å²) in [7, 11) is 1.22. The molecule has 0 atom stereocenters. The van der Waals surface area contributed by atoms with Gasteiger partial charge in [0.25, 0.3) is 0 Å². The Labute approximate surface area is 108 Å². The molecule has 0 aliphatic rings. The van der Waals surface area contributed by atoms with E-state index in [-0.39, 0.29) is 23.6 Å². The molecule has 98 valence electrons. The van der Waals surface area contributed by atoms with Crippen LogP contribution in [0.2, 0.25) is 0 Å². The molecule has 0 spiro atoms. The van der Waals surface area contributed by atoms with Gasteiger partial charge in [-0.1, -0.05) is 0 Å². The number of hydrogen-bond donors (Lipinski definition) is 0. The fourth-order valence-corrected chi connectivity index (χ4v) is 1.56. The van der Waals surface area contributed by atoms with E-state index in [0.29, 0.717) is 0 Å². The van der Waals surface area contributed by atoms with Crippen LogP contribution >= 0.6 is 0 Å². The number of rotatable bonds is 4. The lowest BCUT2D eigenvalue weighted by Gasteiger charge is -2.06. The molecule has 1 aromatic carbocycles. The molecular weight excluding hydrogens is 254 g/mol. The van der Waals surface area contributed by atoms with Crippen LogP contribution in [0.5, 0.6) is 5.75 Å². The molecular formula is C13H10F2N2O2. The largest absolute Gasteiger partial charge is 0.494 e. The van der Waals surface area contributed by atoms with E-state index in [1.807, 2.05) is 0 Å². The third kappa shape index (κ3) is 2.90. The predicted molar refractivity (Wildman–Crippen MR) is 63.0 cm³/mol. The van der Waals surface area contributed by atoms with Crippen molar-refractivity contribution in [3.8, 4) is 5.75 Å². The third-order valence-electron chi connectivity index (χ3n) is 2.48. The Morgan fingerprint density at radius 2 is 1.89 bits per heavy atom. The minimum atomic E-state index is -0.834. The third-order valence-corrected chi connectivity index (χ3v) is 2.48. The first-order valence-electron chi connectivity index (χ1n) is 5.44. The summed E-state index contributed by atoms with van der Waals surface area (Å²) >= 11 is 0. The van der Waals surface area contributed by atoms with Crippen molar-refractivity contribution in [1.82, 2.24) is 9.97 Å². The molecule has 0 saturated heterocycles. The number of carbonyl (C=O) groups is 1. The zero-order valence-corrected chi connectivity index (χ0v) is 10.1. The molecule has 1 aromatic heterocycles. The van der Waals surface area contributed by atoms with Gasteiger partial charge in [0.15, 0.2) is 17.3 Å². The first-order chi connectivity index (χ1) is 9.11. The minimum absolute atomic E-state index is 0.191. The molecule has 2 rings (SSSR count). The Balaban J connectivity index is 2.27. The second-order valence-electron chi connectivity index (χ2n) is 3.73. The highest BCUT2D eigenvalue weighted by molar-refractivity contribution is 5.97. The molecule has 0 saturated carbocycles. The molecule has 1 heterocycles. The van der Waals surface area contributed by atoms with Crippen molar-refractivity contribution >= 4 is 5.78 Å². The minimum Gasteiger partial charge on any atom is -0.494 e. The average molecular weight is 264 g/mol. The monoisotopic (exact) mass is 264 g/mol. The summed E-state index contributed by atoms with van der Waals surface area (Å²) in [4.78, 5) is 19.6. The zero-order chi connectivity index (χ0) is 13.8. The van der Waals surface area contributed by atoms with Crippen molar-refractivity contribution < 1.29 is 18.3 Å². The zero-order valence-electron chi connectivity index (χ0n) is 10.1. The second kappa shape index (κ2) is 5.51. The Kier molecular flexibility index (Phi) is 3.79. The number of methoxy groups -OCH3 is 1. The maximum absolute atomic E-state index is 13.7. The molecule has 2 aromatic rings. The molecule has 19 heavy (non-hydrogen) atoms. The van der Waals surface area contributed by atoms with Crippen LogP contribution < -0.4 is 4.74 Å². The average Bonchev–Trinajstić information content (AvgIpc) is 2.42. The Morgan fingerprint density at radius 1 is 1.21 bits per heavy atom. The normalized spacial score (nSPS) is 10.3. The summed E-state index contributed by atoms with van der Waals surface area (Å²) < 4.78 is 31.7. The number of ether oxygens (including phenoxy) is 1. The van der Waals surface area contributed by atoms with Crippen molar-refractivity contribution in [2.75, 3.05) is 7.11 Å². The highest BCUT2D eigenvalue weighted by atomic mass is 19.1. The smallest absolute Gasteiger partial charge is 0.173 e. The second-order valence-corrected chi connectivity index (χ2v) is 3.73. The highest BCUT2D eigenvalue weighted by Gasteiger charge is 2.17. The number of benzene rings is 1. The Bertz CT molecular complexity index is 603. The molecule has 0 radical (unpaired) electrons. The van der Waals surface area contributed by atoms with Gasteiger partial charge in [-0.05, 0) is 12.1 Å². The number of aromatic nitrogens is 2. The number of nitrogens with zero attached hydrogens (tertiary/aromatic N) is 2. The number of carbonyl (C=O) groups excluding carboxylic acids is 1. The Morgan fingerprint density at radius 3 is 2.53 bits per heavy atom. The van der Waals surface area contributed by atoms with Gasteiger partial charge in [0.1, 0.15) is 11.6 Å². The van der Waals surface area contributed by atoms with E-state index < -0.39 is 17.4 Å². The van der Waals surface area contributed by atoms with Crippen LogP contribution in [0.3, 0.4) is 0 Å². The molecule has 0 N–H and O–H groups in total. The van der Waals surface area contributed by atoms with Crippen molar-refractivity contribution in [2.45, 2.75) is 6.42 Å². The SMILES string of the molecule is COc1cc(F)c(C(=O)Cc2ncccn2)cc1F. The van der Waals surface area contributed by atoms with Gasteiger partial charge in [0, 0.05) is 18.5 Å². The lowest BCUT2D eigenvalue weighted by atomic mass is 10.1. The van der Waals surface area contributed by atoms with Crippen molar-refractivity contribution in [3.63, 3.8) is 0 Å². The van der Waals surface area contributed by atoms with Gasteiger partial charge < -0.3 is 4.74 Å². The number of halogens is 2. The van der Waals surface area contributed by atoms with Crippen LogP contribution in [0.4, 0.5) is 8.78 Å². The van der Waals surface area contributed by atoms with Crippen LogP contribution in [-0.4, -0.2) is 22.9 Å². The number of Topliss-reactive ketones (excluding diaryl/α,β-unsaturated/α-hetero) is 1.